The van der Waals surface area contributed by atoms with Crippen LogP contribution in [0.5, 0.6) is 0 Å². The van der Waals surface area contributed by atoms with E-state index in [-0.39, 0.29) is 0 Å². The lowest BCUT2D eigenvalue weighted by Crippen LogP contribution is -2.10. The maximum absolute atomic E-state index is 7.19. The monoisotopic (exact) mass is 752 g/mol. The van der Waals surface area contributed by atoms with Crippen molar-refractivity contribution in [2.24, 2.45) is 0 Å². The minimum atomic E-state index is 0.851. The minimum absolute atomic E-state index is 0.851. The van der Waals surface area contributed by atoms with E-state index in [0.717, 1.165) is 50.3 Å². The number of nitrogens with zero attached hydrogens (tertiary/aromatic N) is 2. The lowest BCUT2D eigenvalue weighted by Gasteiger charge is -2.26. The summed E-state index contributed by atoms with van der Waals surface area (Å²) in [7, 11) is 0. The minimum Gasteiger partial charge on any atom is -0.454 e. The smallest absolute Gasteiger partial charge is 0.159 e. The maximum Gasteiger partial charge on any atom is 0.159 e. The highest BCUT2D eigenvalue weighted by molar-refractivity contribution is 6.26. The molecule has 0 bridgehead atoms. The number of aromatic nitrogens is 1. The number of fused-ring (bicyclic) bond motifs is 9. The summed E-state index contributed by atoms with van der Waals surface area (Å²) >= 11 is 0. The number of para-hydroxylation sites is 3. The molecular formula is C56H36N2O. The van der Waals surface area contributed by atoms with Gasteiger partial charge >= 0.3 is 0 Å². The molecule has 0 atom stereocenters. The van der Waals surface area contributed by atoms with Crippen molar-refractivity contribution >= 4 is 82.4 Å². The number of hydrogen-bond acceptors (Lipinski definition) is 2. The van der Waals surface area contributed by atoms with Gasteiger partial charge in [0.25, 0.3) is 0 Å². The van der Waals surface area contributed by atoms with Gasteiger partial charge in [-0.05, 0) is 104 Å². The molecule has 0 radical (unpaired) electrons. The van der Waals surface area contributed by atoms with Crippen LogP contribution >= 0.6 is 0 Å². The lowest BCUT2D eigenvalue weighted by molar-refractivity contribution is 0.669. The van der Waals surface area contributed by atoms with Gasteiger partial charge in [-0.25, -0.2) is 0 Å². The first-order valence-electron chi connectivity index (χ1n) is 20.2. The van der Waals surface area contributed by atoms with Gasteiger partial charge in [-0.15, -0.1) is 0 Å². The van der Waals surface area contributed by atoms with E-state index in [2.05, 4.69) is 228 Å². The van der Waals surface area contributed by atoms with Crippen molar-refractivity contribution in [3.63, 3.8) is 0 Å². The molecule has 12 aromatic rings. The molecule has 0 unspecified atom stereocenters. The first-order chi connectivity index (χ1) is 29.3. The third-order valence-electron chi connectivity index (χ3n) is 12.0. The molecule has 0 N–H and O–H groups in total. The predicted octanol–water partition coefficient (Wildman–Crippen LogP) is 15.8. The summed E-state index contributed by atoms with van der Waals surface area (Å²) in [6.45, 7) is 0. The van der Waals surface area contributed by atoms with Gasteiger partial charge in [0.05, 0.1) is 16.7 Å². The average molecular weight is 753 g/mol. The summed E-state index contributed by atoms with van der Waals surface area (Å²) in [5.41, 5.74) is 13.0. The normalized spacial score (nSPS) is 11.7. The Morgan fingerprint density at radius 3 is 1.83 bits per heavy atom. The summed E-state index contributed by atoms with van der Waals surface area (Å²) in [6, 6.07) is 78.5. The zero-order chi connectivity index (χ0) is 38.9. The molecular weight excluding hydrogens is 717 g/mol. The summed E-state index contributed by atoms with van der Waals surface area (Å²) in [4.78, 5) is 2.34. The second kappa shape index (κ2) is 13.4. The van der Waals surface area contributed by atoms with E-state index in [1.165, 1.54) is 60.0 Å². The maximum atomic E-state index is 7.19. The molecule has 3 heteroatoms. The van der Waals surface area contributed by atoms with Crippen molar-refractivity contribution in [3.8, 4) is 27.9 Å². The molecule has 0 fully saturated rings. The van der Waals surface area contributed by atoms with Crippen molar-refractivity contribution < 1.29 is 4.42 Å². The molecule has 276 valence electrons. The molecule has 0 saturated carbocycles. The van der Waals surface area contributed by atoms with Crippen molar-refractivity contribution in [3.05, 3.63) is 218 Å². The molecule has 2 aromatic heterocycles. The van der Waals surface area contributed by atoms with E-state index in [9.17, 15) is 0 Å². The number of hydrogen-bond donors (Lipinski definition) is 0. The van der Waals surface area contributed by atoms with Crippen LogP contribution in [0, 0.1) is 0 Å². The van der Waals surface area contributed by atoms with E-state index < -0.39 is 0 Å². The largest absolute Gasteiger partial charge is 0.454 e. The molecule has 0 saturated heterocycles. The third kappa shape index (κ3) is 5.29. The predicted molar refractivity (Wildman–Crippen MR) is 249 cm³/mol. The number of anilines is 3. The Labute approximate surface area is 341 Å². The van der Waals surface area contributed by atoms with E-state index in [4.69, 9.17) is 4.42 Å². The van der Waals surface area contributed by atoms with Gasteiger partial charge in [0.2, 0.25) is 0 Å². The SMILES string of the molecule is c1ccc(-c2ccc(N(c3ccc4ccccc4c3)c3cccc4c3oc3cc(-c5cccc6c5c5ccccc5n6-c5ccccc5)c5ccccc5c34)cc2)cc1. The fourth-order valence-corrected chi connectivity index (χ4v) is 9.32. The van der Waals surface area contributed by atoms with Crippen molar-refractivity contribution in [1.29, 1.82) is 0 Å². The van der Waals surface area contributed by atoms with Crippen LogP contribution in [-0.4, -0.2) is 4.57 Å². The Morgan fingerprint density at radius 2 is 1.00 bits per heavy atom. The summed E-state index contributed by atoms with van der Waals surface area (Å²) in [5, 5.41) is 9.43. The summed E-state index contributed by atoms with van der Waals surface area (Å²) < 4.78 is 9.57. The van der Waals surface area contributed by atoms with Crippen LogP contribution in [0.2, 0.25) is 0 Å². The molecule has 0 amide bonds. The molecule has 0 aliphatic carbocycles. The molecule has 0 aliphatic rings. The van der Waals surface area contributed by atoms with Crippen LogP contribution in [0.15, 0.2) is 223 Å². The van der Waals surface area contributed by atoms with Gasteiger partial charge in [0.1, 0.15) is 5.58 Å². The van der Waals surface area contributed by atoms with E-state index in [1.807, 2.05) is 0 Å². The van der Waals surface area contributed by atoms with Crippen LogP contribution in [0.1, 0.15) is 0 Å². The van der Waals surface area contributed by atoms with Crippen LogP contribution < -0.4 is 4.90 Å². The molecule has 0 spiro atoms. The van der Waals surface area contributed by atoms with Gasteiger partial charge in [0.15, 0.2) is 5.58 Å². The topological polar surface area (TPSA) is 21.3 Å². The Balaban J connectivity index is 1.10. The van der Waals surface area contributed by atoms with E-state index >= 15 is 0 Å². The van der Waals surface area contributed by atoms with E-state index in [1.54, 1.807) is 0 Å². The first kappa shape index (κ1) is 33.3. The molecule has 2 heterocycles. The fourth-order valence-electron chi connectivity index (χ4n) is 9.32. The fraction of sp³-hybridized carbons (Fsp3) is 0. The van der Waals surface area contributed by atoms with Crippen molar-refractivity contribution in [2.75, 3.05) is 4.90 Å². The van der Waals surface area contributed by atoms with Crippen LogP contribution in [0.4, 0.5) is 17.1 Å². The zero-order valence-electron chi connectivity index (χ0n) is 32.1. The zero-order valence-corrected chi connectivity index (χ0v) is 32.1. The Hall–Kier alpha value is -7.88. The molecule has 10 aromatic carbocycles. The summed E-state index contributed by atoms with van der Waals surface area (Å²) in [6.07, 6.45) is 0. The second-order valence-electron chi connectivity index (χ2n) is 15.3. The van der Waals surface area contributed by atoms with E-state index in [0.29, 0.717) is 0 Å². The van der Waals surface area contributed by atoms with Gasteiger partial charge in [-0.1, -0.05) is 158 Å². The number of rotatable bonds is 6. The molecule has 12 rings (SSSR count). The highest BCUT2D eigenvalue weighted by Gasteiger charge is 2.23. The quantitative estimate of drug-likeness (QED) is 0.169. The second-order valence-corrected chi connectivity index (χ2v) is 15.3. The Kier molecular flexibility index (Phi) is 7.54. The highest BCUT2D eigenvalue weighted by atomic mass is 16.3. The van der Waals surface area contributed by atoms with Crippen LogP contribution in [0.25, 0.3) is 93.2 Å². The summed E-state index contributed by atoms with van der Waals surface area (Å²) in [5.74, 6) is 0. The molecule has 59 heavy (non-hydrogen) atoms. The Morgan fingerprint density at radius 1 is 0.373 bits per heavy atom. The molecule has 3 nitrogen and oxygen atoms in total. The van der Waals surface area contributed by atoms with Crippen molar-refractivity contribution in [2.45, 2.75) is 0 Å². The average Bonchev–Trinajstić information content (AvgIpc) is 3.86. The van der Waals surface area contributed by atoms with Crippen molar-refractivity contribution in [1.82, 2.24) is 4.57 Å². The van der Waals surface area contributed by atoms with Gasteiger partial charge in [-0.2, -0.15) is 0 Å². The third-order valence-corrected chi connectivity index (χ3v) is 12.0. The number of benzene rings is 10. The van der Waals surface area contributed by atoms with Crippen LogP contribution in [0.3, 0.4) is 0 Å². The Bertz CT molecular complexity index is 3540. The number of furan rings is 1. The van der Waals surface area contributed by atoms with Gasteiger partial charge in [0, 0.05) is 38.6 Å². The van der Waals surface area contributed by atoms with Gasteiger partial charge in [-0.3, -0.25) is 0 Å². The van der Waals surface area contributed by atoms with Gasteiger partial charge < -0.3 is 13.9 Å². The van der Waals surface area contributed by atoms with Crippen LogP contribution in [-0.2, 0) is 0 Å². The highest BCUT2D eigenvalue weighted by Crippen LogP contribution is 2.48. The standard InChI is InChI=1S/C56H36N2O/c1-3-15-37(16-4-1)39-29-32-42(33-30-39)57(43-34-31-38-17-7-8-18-40(38)35-43)52-28-14-25-48-55-45-22-10-9-21-44(45)49(36-53(55)59-56(48)52)46-24-13-27-51-54(46)47-23-11-12-26-50(47)58(51)41-19-5-2-6-20-41/h1-36H. The lowest BCUT2D eigenvalue weighted by atomic mass is 9.92. The first-order valence-corrected chi connectivity index (χ1v) is 20.2. The molecule has 0 aliphatic heterocycles.